The fourth-order valence-electron chi connectivity index (χ4n) is 2.25. The summed E-state index contributed by atoms with van der Waals surface area (Å²) in [6, 6.07) is 13.8. The second-order valence-electron chi connectivity index (χ2n) is 5.20. The number of nitrogen functional groups attached to an aromatic ring is 1. The van der Waals surface area contributed by atoms with Gasteiger partial charge in [-0.2, -0.15) is 0 Å². The minimum Gasteiger partial charge on any atom is -0.393 e. The first-order valence-electron chi connectivity index (χ1n) is 7.24. The second kappa shape index (κ2) is 6.31. The molecule has 0 aliphatic heterocycles. The summed E-state index contributed by atoms with van der Waals surface area (Å²) < 4.78 is 0. The highest BCUT2D eigenvalue weighted by atomic mass is 15.2. The quantitative estimate of drug-likeness (QED) is 0.770. The predicted molar refractivity (Wildman–Crippen MR) is 93.2 cm³/mol. The third-order valence-electron chi connectivity index (χ3n) is 3.49. The maximum atomic E-state index is 6.25. The monoisotopic (exact) mass is 306 g/mol. The Balaban J connectivity index is 1.92. The molecule has 6 nitrogen and oxygen atoms in total. The van der Waals surface area contributed by atoms with Gasteiger partial charge in [0.1, 0.15) is 17.8 Å². The van der Waals surface area contributed by atoms with Gasteiger partial charge in [0, 0.05) is 18.9 Å². The molecule has 0 unspecified atom stereocenters. The van der Waals surface area contributed by atoms with Crippen LogP contribution in [0.3, 0.4) is 0 Å². The number of nitrogens with one attached hydrogen (secondary N) is 1. The highest BCUT2D eigenvalue weighted by Gasteiger charge is 2.13. The van der Waals surface area contributed by atoms with Gasteiger partial charge in [0.25, 0.3) is 0 Å². The molecule has 0 aliphatic carbocycles. The van der Waals surface area contributed by atoms with Crippen LogP contribution in [0.2, 0.25) is 0 Å². The van der Waals surface area contributed by atoms with Gasteiger partial charge in [-0.15, -0.1) is 0 Å². The van der Waals surface area contributed by atoms with Gasteiger partial charge in [0.05, 0.1) is 0 Å². The van der Waals surface area contributed by atoms with E-state index in [-0.39, 0.29) is 0 Å². The molecule has 0 saturated carbocycles. The van der Waals surface area contributed by atoms with Crippen LogP contribution >= 0.6 is 0 Å². The average Bonchev–Trinajstić information content (AvgIpc) is 2.57. The summed E-state index contributed by atoms with van der Waals surface area (Å²) in [5, 5.41) is 3.15. The van der Waals surface area contributed by atoms with Crippen molar-refractivity contribution < 1.29 is 0 Å². The lowest BCUT2D eigenvalue weighted by Crippen LogP contribution is -2.15. The molecule has 1 aromatic carbocycles. The molecule has 0 spiro atoms. The van der Waals surface area contributed by atoms with Crippen LogP contribution in [0.15, 0.2) is 55.0 Å². The van der Waals surface area contributed by atoms with Gasteiger partial charge in [0.15, 0.2) is 11.6 Å². The number of pyridine rings is 1. The molecule has 0 amide bonds. The molecule has 0 aliphatic rings. The first-order valence-corrected chi connectivity index (χ1v) is 7.24. The largest absolute Gasteiger partial charge is 0.393 e. The number of para-hydroxylation sites is 1. The predicted octanol–water partition coefficient (Wildman–Crippen LogP) is 3.27. The molecule has 2 aromatic heterocycles. The smallest absolute Gasteiger partial charge is 0.161 e. The van der Waals surface area contributed by atoms with Crippen LogP contribution in [0.5, 0.6) is 0 Å². The van der Waals surface area contributed by atoms with Gasteiger partial charge in [-0.05, 0) is 36.8 Å². The first kappa shape index (κ1) is 14.8. The Morgan fingerprint density at radius 2 is 1.83 bits per heavy atom. The molecule has 0 fully saturated rings. The lowest BCUT2D eigenvalue weighted by Gasteiger charge is -2.21. The molecule has 3 aromatic rings. The standard InChI is InChI=1S/C17H18N6/c1-12-8-9-19-14(10-12)22-16-15(18)17(21-11-20-16)23(2)13-6-4-3-5-7-13/h3-11H,18H2,1-2H3,(H,19,20,21,22). The zero-order chi connectivity index (χ0) is 16.2. The summed E-state index contributed by atoms with van der Waals surface area (Å²) in [5.41, 5.74) is 8.83. The number of aromatic nitrogens is 3. The number of aryl methyl sites for hydroxylation is 1. The maximum absolute atomic E-state index is 6.25. The average molecular weight is 306 g/mol. The van der Waals surface area contributed by atoms with Crippen LogP contribution in [0.25, 0.3) is 0 Å². The van der Waals surface area contributed by atoms with Crippen LogP contribution in [-0.4, -0.2) is 22.0 Å². The third kappa shape index (κ3) is 3.21. The van der Waals surface area contributed by atoms with Crippen molar-refractivity contribution in [1.29, 1.82) is 0 Å². The Hall–Kier alpha value is -3.15. The molecule has 0 bridgehead atoms. The lowest BCUT2D eigenvalue weighted by atomic mass is 10.3. The Morgan fingerprint density at radius 1 is 1.04 bits per heavy atom. The van der Waals surface area contributed by atoms with E-state index in [4.69, 9.17) is 5.73 Å². The number of benzene rings is 1. The van der Waals surface area contributed by atoms with Crippen LogP contribution in [-0.2, 0) is 0 Å². The topological polar surface area (TPSA) is 80.0 Å². The van der Waals surface area contributed by atoms with Crippen LogP contribution in [0.1, 0.15) is 5.56 Å². The molecule has 2 heterocycles. The van der Waals surface area contributed by atoms with E-state index in [9.17, 15) is 0 Å². The Bertz CT molecular complexity index is 803. The highest BCUT2D eigenvalue weighted by Crippen LogP contribution is 2.31. The first-order chi connectivity index (χ1) is 11.1. The second-order valence-corrected chi connectivity index (χ2v) is 5.20. The number of hydrogen-bond donors (Lipinski definition) is 2. The van der Waals surface area contributed by atoms with E-state index in [2.05, 4.69) is 20.3 Å². The Labute approximate surface area is 135 Å². The Kier molecular flexibility index (Phi) is 4.05. The summed E-state index contributed by atoms with van der Waals surface area (Å²) in [6.45, 7) is 2.00. The lowest BCUT2D eigenvalue weighted by molar-refractivity contribution is 1.08. The number of rotatable bonds is 4. The fourth-order valence-corrected chi connectivity index (χ4v) is 2.25. The van der Waals surface area contributed by atoms with Crippen molar-refractivity contribution in [3.05, 3.63) is 60.6 Å². The van der Waals surface area contributed by atoms with E-state index in [0.29, 0.717) is 23.1 Å². The number of nitrogens with zero attached hydrogens (tertiary/aromatic N) is 4. The van der Waals surface area contributed by atoms with Crippen molar-refractivity contribution in [2.45, 2.75) is 6.92 Å². The van der Waals surface area contributed by atoms with E-state index < -0.39 is 0 Å². The van der Waals surface area contributed by atoms with Crippen molar-refractivity contribution in [2.24, 2.45) is 0 Å². The van der Waals surface area contributed by atoms with Gasteiger partial charge < -0.3 is 16.0 Å². The molecule has 6 heteroatoms. The van der Waals surface area contributed by atoms with Crippen LogP contribution in [0, 0.1) is 6.92 Å². The fraction of sp³-hybridized carbons (Fsp3) is 0.118. The van der Waals surface area contributed by atoms with Gasteiger partial charge in [0.2, 0.25) is 0 Å². The Morgan fingerprint density at radius 3 is 2.57 bits per heavy atom. The third-order valence-corrected chi connectivity index (χ3v) is 3.49. The molecule has 0 saturated heterocycles. The van der Waals surface area contributed by atoms with Gasteiger partial charge in [-0.1, -0.05) is 18.2 Å². The number of nitrogens with two attached hydrogens (primary N) is 1. The minimum atomic E-state index is 0.474. The molecule has 23 heavy (non-hydrogen) atoms. The number of hydrogen-bond acceptors (Lipinski definition) is 6. The normalized spacial score (nSPS) is 10.3. The van der Waals surface area contributed by atoms with E-state index in [1.807, 2.05) is 61.3 Å². The molecule has 116 valence electrons. The van der Waals surface area contributed by atoms with Crippen LogP contribution in [0.4, 0.5) is 28.8 Å². The van der Waals surface area contributed by atoms with Gasteiger partial charge in [-0.25, -0.2) is 15.0 Å². The maximum Gasteiger partial charge on any atom is 0.161 e. The molecular weight excluding hydrogens is 288 g/mol. The van der Waals surface area contributed by atoms with Gasteiger partial charge >= 0.3 is 0 Å². The molecule has 3 rings (SSSR count). The van der Waals surface area contributed by atoms with Crippen molar-refractivity contribution in [1.82, 2.24) is 15.0 Å². The summed E-state index contributed by atoms with van der Waals surface area (Å²) in [4.78, 5) is 14.7. The molecule has 3 N–H and O–H groups in total. The highest BCUT2D eigenvalue weighted by molar-refractivity contribution is 5.80. The van der Waals surface area contributed by atoms with Crippen molar-refractivity contribution in [2.75, 3.05) is 23.0 Å². The molecular formula is C17H18N6. The van der Waals surface area contributed by atoms with Crippen molar-refractivity contribution in [3.8, 4) is 0 Å². The van der Waals surface area contributed by atoms with Crippen LogP contribution < -0.4 is 16.0 Å². The van der Waals surface area contributed by atoms with Gasteiger partial charge in [-0.3, -0.25) is 0 Å². The summed E-state index contributed by atoms with van der Waals surface area (Å²) in [6.07, 6.45) is 3.23. The number of anilines is 5. The molecule has 0 atom stereocenters. The summed E-state index contributed by atoms with van der Waals surface area (Å²) in [7, 11) is 1.92. The zero-order valence-corrected chi connectivity index (χ0v) is 13.1. The van der Waals surface area contributed by atoms with Crippen molar-refractivity contribution >= 4 is 28.8 Å². The van der Waals surface area contributed by atoms with E-state index in [1.54, 1.807) is 6.20 Å². The summed E-state index contributed by atoms with van der Waals surface area (Å²) >= 11 is 0. The van der Waals surface area contributed by atoms with E-state index >= 15 is 0 Å². The van der Waals surface area contributed by atoms with Crippen molar-refractivity contribution in [3.63, 3.8) is 0 Å². The SMILES string of the molecule is Cc1ccnc(Nc2ncnc(N(C)c3ccccc3)c2N)c1. The van der Waals surface area contributed by atoms with E-state index in [0.717, 1.165) is 11.3 Å². The minimum absolute atomic E-state index is 0.474. The summed E-state index contributed by atoms with van der Waals surface area (Å²) in [5.74, 6) is 1.88. The zero-order valence-electron chi connectivity index (χ0n) is 13.1. The molecule has 0 radical (unpaired) electrons. The van der Waals surface area contributed by atoms with E-state index in [1.165, 1.54) is 6.33 Å².